The van der Waals surface area contributed by atoms with Crippen LogP contribution in [0.2, 0.25) is 0 Å². The number of nitrogens with zero attached hydrogens (tertiary/aromatic N) is 3. The van der Waals surface area contributed by atoms with Crippen LogP contribution in [0.3, 0.4) is 0 Å². The van der Waals surface area contributed by atoms with Crippen LogP contribution in [-0.2, 0) is 0 Å². The number of thiophene rings is 1. The minimum absolute atomic E-state index is 1.09. The second kappa shape index (κ2) is 19.4. The first-order valence-corrected chi connectivity index (χ1v) is 23.8. The van der Waals surface area contributed by atoms with Gasteiger partial charge in [0.2, 0.25) is 0 Å². The van der Waals surface area contributed by atoms with Crippen molar-refractivity contribution >= 4 is 62.5 Å². The van der Waals surface area contributed by atoms with Crippen molar-refractivity contribution in [3.05, 3.63) is 285 Å². The van der Waals surface area contributed by atoms with Crippen molar-refractivity contribution in [2.75, 3.05) is 14.7 Å². The normalized spacial score (nSPS) is 10.9. The average molecular weight is 890 g/mol. The van der Waals surface area contributed by atoms with Crippen molar-refractivity contribution in [2.24, 2.45) is 0 Å². The standard InChI is InChI=1S/C64H47N3S/c1-8-22-50(23-9-1)63-61(48-36-42-58(43-37-48)65(52-24-10-2-11-25-52)53-26-12-3-13-27-53)62(49-38-44-59(45-39-49)66(54-28-14-4-15-29-54)55-30-16-5-17-31-55)64(68-63)51-40-46-60(47-41-51)67(56-32-18-6-19-33-56)57-34-20-7-21-35-57/h1-47H. The molecule has 0 N–H and O–H groups in total. The van der Waals surface area contributed by atoms with E-state index in [9.17, 15) is 0 Å². The molecule has 11 aromatic rings. The van der Waals surface area contributed by atoms with E-state index < -0.39 is 0 Å². The van der Waals surface area contributed by atoms with Crippen molar-refractivity contribution in [1.29, 1.82) is 0 Å². The molecule has 0 aliphatic rings. The Balaban J connectivity index is 1.09. The van der Waals surface area contributed by atoms with E-state index in [-0.39, 0.29) is 0 Å². The van der Waals surface area contributed by atoms with Gasteiger partial charge in [-0.25, -0.2) is 0 Å². The molecule has 0 radical (unpaired) electrons. The molecule has 324 valence electrons. The van der Waals surface area contributed by atoms with Gasteiger partial charge in [-0.1, -0.05) is 176 Å². The van der Waals surface area contributed by atoms with Crippen LogP contribution in [0.1, 0.15) is 0 Å². The highest BCUT2D eigenvalue weighted by Crippen LogP contribution is 2.53. The molecular weight excluding hydrogens is 843 g/mol. The second-order valence-corrected chi connectivity index (χ2v) is 17.6. The van der Waals surface area contributed by atoms with Crippen LogP contribution in [0, 0.1) is 0 Å². The molecule has 0 saturated carbocycles. The highest BCUT2D eigenvalue weighted by atomic mass is 32.1. The van der Waals surface area contributed by atoms with Crippen molar-refractivity contribution in [3.8, 4) is 43.1 Å². The summed E-state index contributed by atoms with van der Waals surface area (Å²) < 4.78 is 0. The van der Waals surface area contributed by atoms with Gasteiger partial charge in [0.25, 0.3) is 0 Å². The van der Waals surface area contributed by atoms with E-state index in [4.69, 9.17) is 0 Å². The van der Waals surface area contributed by atoms with Crippen LogP contribution in [0.4, 0.5) is 51.2 Å². The molecule has 0 amide bonds. The average Bonchev–Trinajstić information content (AvgIpc) is 3.82. The summed E-state index contributed by atoms with van der Waals surface area (Å²) in [5, 5.41) is 0. The van der Waals surface area contributed by atoms with Gasteiger partial charge in [0, 0.05) is 72.1 Å². The lowest BCUT2D eigenvalue weighted by atomic mass is 9.91. The zero-order valence-electron chi connectivity index (χ0n) is 37.4. The van der Waals surface area contributed by atoms with Gasteiger partial charge in [0.1, 0.15) is 0 Å². The Kier molecular flexibility index (Phi) is 12.0. The summed E-state index contributed by atoms with van der Waals surface area (Å²) in [7, 11) is 0. The van der Waals surface area contributed by atoms with Crippen LogP contribution in [0.5, 0.6) is 0 Å². The second-order valence-electron chi connectivity index (χ2n) is 16.5. The van der Waals surface area contributed by atoms with Crippen LogP contribution in [-0.4, -0.2) is 0 Å². The van der Waals surface area contributed by atoms with E-state index in [1.165, 1.54) is 26.4 Å². The lowest BCUT2D eigenvalue weighted by molar-refractivity contribution is 1.28. The SMILES string of the molecule is c1ccc(-c2sc(-c3ccc(N(c4ccccc4)c4ccccc4)cc3)c(-c3ccc(N(c4ccccc4)c4ccccc4)cc3)c2-c2ccc(N(c3ccccc3)c3ccccc3)cc2)cc1. The highest BCUT2D eigenvalue weighted by molar-refractivity contribution is 7.20. The Hall–Kier alpha value is -8.70. The summed E-state index contributed by atoms with van der Waals surface area (Å²) in [4.78, 5) is 9.40. The summed E-state index contributed by atoms with van der Waals surface area (Å²) in [6.45, 7) is 0. The number of para-hydroxylation sites is 6. The fourth-order valence-corrected chi connectivity index (χ4v) is 10.5. The lowest BCUT2D eigenvalue weighted by Crippen LogP contribution is -2.09. The minimum atomic E-state index is 1.09. The van der Waals surface area contributed by atoms with Gasteiger partial charge < -0.3 is 14.7 Å². The van der Waals surface area contributed by atoms with Crippen molar-refractivity contribution in [2.45, 2.75) is 0 Å². The number of benzene rings is 10. The first kappa shape index (κ1) is 42.0. The monoisotopic (exact) mass is 889 g/mol. The Bertz CT molecular complexity index is 3210. The third-order valence-electron chi connectivity index (χ3n) is 12.2. The zero-order chi connectivity index (χ0) is 45.5. The first-order chi connectivity index (χ1) is 33.8. The molecule has 0 atom stereocenters. The molecule has 0 bridgehead atoms. The molecule has 10 aromatic carbocycles. The molecule has 0 fully saturated rings. The van der Waals surface area contributed by atoms with Gasteiger partial charge in [0.15, 0.2) is 0 Å². The van der Waals surface area contributed by atoms with E-state index in [2.05, 4.69) is 300 Å². The number of hydrogen-bond acceptors (Lipinski definition) is 4. The summed E-state index contributed by atoms with van der Waals surface area (Å²) in [5.74, 6) is 0. The van der Waals surface area contributed by atoms with Gasteiger partial charge >= 0.3 is 0 Å². The molecule has 0 saturated heterocycles. The van der Waals surface area contributed by atoms with Gasteiger partial charge in [-0.3, -0.25) is 0 Å². The van der Waals surface area contributed by atoms with E-state index in [1.54, 1.807) is 0 Å². The smallest absolute Gasteiger partial charge is 0.0462 e. The van der Waals surface area contributed by atoms with E-state index in [0.717, 1.165) is 67.9 Å². The molecule has 0 unspecified atom stereocenters. The molecule has 3 nitrogen and oxygen atoms in total. The number of rotatable bonds is 13. The minimum Gasteiger partial charge on any atom is -0.311 e. The third kappa shape index (κ3) is 8.60. The van der Waals surface area contributed by atoms with E-state index >= 15 is 0 Å². The van der Waals surface area contributed by atoms with E-state index in [0.29, 0.717) is 0 Å². The molecule has 0 spiro atoms. The van der Waals surface area contributed by atoms with E-state index in [1.807, 2.05) is 11.3 Å². The predicted octanol–water partition coefficient (Wildman–Crippen LogP) is 18.8. The molecular formula is C64H47N3S. The summed E-state index contributed by atoms with van der Waals surface area (Å²) in [6, 6.07) is 102. The Morgan fingerprint density at radius 1 is 0.176 bits per heavy atom. The molecule has 4 heteroatoms. The Morgan fingerprint density at radius 2 is 0.368 bits per heavy atom. The maximum atomic E-state index is 2.32. The van der Waals surface area contributed by atoms with Crippen LogP contribution in [0.25, 0.3) is 43.1 Å². The first-order valence-electron chi connectivity index (χ1n) is 23.0. The molecule has 1 aromatic heterocycles. The molecule has 0 aliphatic heterocycles. The Morgan fingerprint density at radius 3 is 0.618 bits per heavy atom. The third-order valence-corrected chi connectivity index (χ3v) is 13.5. The number of anilines is 9. The number of hydrogen-bond donors (Lipinski definition) is 0. The lowest BCUT2D eigenvalue weighted by Gasteiger charge is -2.26. The van der Waals surface area contributed by atoms with Crippen LogP contribution < -0.4 is 14.7 Å². The maximum Gasteiger partial charge on any atom is 0.0462 e. The topological polar surface area (TPSA) is 9.72 Å². The largest absolute Gasteiger partial charge is 0.311 e. The predicted molar refractivity (Wildman–Crippen MR) is 290 cm³/mol. The van der Waals surface area contributed by atoms with Crippen LogP contribution >= 0.6 is 11.3 Å². The summed E-state index contributed by atoms with van der Waals surface area (Å²) >= 11 is 1.86. The maximum absolute atomic E-state index is 2.32. The summed E-state index contributed by atoms with van der Waals surface area (Å²) in [5.41, 5.74) is 17.0. The van der Waals surface area contributed by atoms with Gasteiger partial charge in [0.05, 0.1) is 0 Å². The van der Waals surface area contributed by atoms with Crippen LogP contribution in [0.15, 0.2) is 285 Å². The van der Waals surface area contributed by atoms with Crippen molar-refractivity contribution < 1.29 is 0 Å². The molecule has 68 heavy (non-hydrogen) atoms. The van der Waals surface area contributed by atoms with Crippen molar-refractivity contribution in [3.63, 3.8) is 0 Å². The quantitative estimate of drug-likeness (QED) is 0.114. The van der Waals surface area contributed by atoms with Gasteiger partial charge in [-0.15, -0.1) is 11.3 Å². The fraction of sp³-hybridized carbons (Fsp3) is 0. The van der Waals surface area contributed by atoms with Gasteiger partial charge in [-0.2, -0.15) is 0 Å². The van der Waals surface area contributed by atoms with Crippen molar-refractivity contribution in [1.82, 2.24) is 0 Å². The molecule has 1 heterocycles. The zero-order valence-corrected chi connectivity index (χ0v) is 38.2. The Labute approximate surface area is 403 Å². The van der Waals surface area contributed by atoms with Gasteiger partial charge in [-0.05, 0) is 131 Å². The summed E-state index contributed by atoms with van der Waals surface area (Å²) in [6.07, 6.45) is 0. The fourth-order valence-electron chi connectivity index (χ4n) is 9.10. The molecule has 0 aliphatic carbocycles. The molecule has 11 rings (SSSR count). The highest BCUT2D eigenvalue weighted by Gasteiger charge is 2.25.